The Hall–Kier alpha value is -3.91. The zero-order valence-electron chi connectivity index (χ0n) is 31.9. The van der Waals surface area contributed by atoms with Gasteiger partial charge < -0.3 is 26.2 Å². The van der Waals surface area contributed by atoms with E-state index in [0.29, 0.717) is 38.5 Å². The molecule has 1 aliphatic carbocycles. The summed E-state index contributed by atoms with van der Waals surface area (Å²) in [5, 5.41) is 10.7. The highest BCUT2D eigenvalue weighted by atomic mass is 19.3. The maximum absolute atomic E-state index is 15.0. The Kier molecular flexibility index (Phi) is 13.5. The van der Waals surface area contributed by atoms with Gasteiger partial charge in [0, 0.05) is 50.7 Å². The third-order valence-electron chi connectivity index (χ3n) is 10.8. The number of urea groups is 1. The average molecular weight is 749 g/mol. The molecule has 15 heteroatoms. The summed E-state index contributed by atoms with van der Waals surface area (Å²) in [4.78, 5) is 96.2. The van der Waals surface area contributed by atoms with Crippen LogP contribution in [0.4, 0.5) is 13.6 Å². The lowest BCUT2D eigenvalue weighted by Crippen LogP contribution is -2.60. The first kappa shape index (κ1) is 41.8. The van der Waals surface area contributed by atoms with Crippen LogP contribution in [-0.4, -0.2) is 100 Å². The highest BCUT2D eigenvalue weighted by Crippen LogP contribution is 2.33. The molecule has 0 spiro atoms. The van der Waals surface area contributed by atoms with Gasteiger partial charge in [-0.05, 0) is 49.4 Å². The van der Waals surface area contributed by atoms with E-state index < -0.39 is 95.6 Å². The Morgan fingerprint density at radius 1 is 0.925 bits per heavy atom. The van der Waals surface area contributed by atoms with Crippen LogP contribution in [-0.2, 0) is 28.8 Å². The predicted octanol–water partition coefficient (Wildman–Crippen LogP) is 3.75. The molecule has 1 saturated carbocycles. The molecule has 4 aliphatic rings. The molecule has 53 heavy (non-hydrogen) atoms. The number of carbonyl (C=O) groups excluding carboxylic acids is 7. The van der Waals surface area contributed by atoms with Gasteiger partial charge in [-0.2, -0.15) is 0 Å². The van der Waals surface area contributed by atoms with Crippen molar-refractivity contribution < 1.29 is 42.3 Å². The summed E-state index contributed by atoms with van der Waals surface area (Å²) in [6.45, 7) is 13.2. The molecule has 0 aromatic rings. The molecule has 296 valence electrons. The molecule has 1 unspecified atom stereocenters. The van der Waals surface area contributed by atoms with Crippen LogP contribution < -0.4 is 21.3 Å². The van der Waals surface area contributed by atoms with Crippen LogP contribution in [0.15, 0.2) is 12.7 Å². The Balaban J connectivity index is 1.56. The number of rotatable bonds is 8. The highest BCUT2D eigenvalue weighted by Gasteiger charge is 2.45. The van der Waals surface area contributed by atoms with E-state index in [2.05, 4.69) is 27.8 Å². The smallest absolute Gasteiger partial charge is 0.315 e. The highest BCUT2D eigenvalue weighted by molar-refractivity contribution is 6.38. The Morgan fingerprint density at radius 2 is 1.57 bits per heavy atom. The molecule has 0 bridgehead atoms. The molecule has 3 aliphatic heterocycles. The first-order valence-electron chi connectivity index (χ1n) is 19.1. The number of hydrogen-bond acceptors (Lipinski definition) is 7. The van der Waals surface area contributed by atoms with Crippen molar-refractivity contribution in [3.63, 3.8) is 0 Å². The van der Waals surface area contributed by atoms with Crippen LogP contribution in [0.1, 0.15) is 118 Å². The molecule has 4 rings (SSSR count). The number of alkyl halides is 2. The van der Waals surface area contributed by atoms with E-state index in [1.54, 1.807) is 0 Å². The summed E-state index contributed by atoms with van der Waals surface area (Å²) in [7, 11) is 0. The van der Waals surface area contributed by atoms with Gasteiger partial charge in [-0.1, -0.05) is 60.0 Å². The van der Waals surface area contributed by atoms with Gasteiger partial charge in [0.2, 0.25) is 35.3 Å². The zero-order valence-corrected chi connectivity index (χ0v) is 31.9. The first-order chi connectivity index (χ1) is 24.7. The SMILES string of the molecule is C=C[C@H]1CCN2C(=O)[C@H](NC(=O)NC(CN3C(=O)CC(C)(C)CC3=O)C(C)(C)C)CCCCCCC(F)(F)CC[C@@H](C(=O)C(=O)NC3CC3)NC(=O)[C@H]12. The molecule has 4 fully saturated rings. The number of ketones is 1. The third-order valence-corrected chi connectivity index (χ3v) is 10.8. The van der Waals surface area contributed by atoms with E-state index in [1.165, 1.54) is 15.9 Å². The molecular formula is C38H58F2N6O7. The average Bonchev–Trinajstić information content (AvgIpc) is 3.76. The minimum atomic E-state index is -3.13. The normalized spacial score (nSPS) is 28.0. The second-order valence-corrected chi connectivity index (χ2v) is 17.2. The topological polar surface area (TPSA) is 174 Å². The van der Waals surface area contributed by atoms with Gasteiger partial charge in [0.1, 0.15) is 12.1 Å². The van der Waals surface area contributed by atoms with E-state index in [0.717, 1.165) is 0 Å². The van der Waals surface area contributed by atoms with Crippen LogP contribution in [0.3, 0.4) is 0 Å². The van der Waals surface area contributed by atoms with Gasteiger partial charge in [-0.3, -0.25) is 33.7 Å². The molecule has 4 N–H and O–H groups in total. The number of Topliss-reactive ketones (excluding diaryl/α,β-unsaturated/α-hetero) is 1. The van der Waals surface area contributed by atoms with Crippen molar-refractivity contribution in [2.24, 2.45) is 16.7 Å². The van der Waals surface area contributed by atoms with Gasteiger partial charge >= 0.3 is 6.03 Å². The molecule has 0 radical (unpaired) electrons. The largest absolute Gasteiger partial charge is 0.347 e. The molecular weight excluding hydrogens is 690 g/mol. The molecule has 0 aromatic carbocycles. The number of halogens is 2. The summed E-state index contributed by atoms with van der Waals surface area (Å²) in [5.41, 5.74) is -1.07. The van der Waals surface area contributed by atoms with Crippen LogP contribution in [0, 0.1) is 16.7 Å². The van der Waals surface area contributed by atoms with Crippen molar-refractivity contribution >= 4 is 41.4 Å². The number of nitrogens with one attached hydrogen (secondary N) is 4. The fourth-order valence-corrected chi connectivity index (χ4v) is 7.33. The fraction of sp³-hybridized carbons (Fsp3) is 0.763. The number of imide groups is 1. The van der Waals surface area contributed by atoms with Crippen molar-refractivity contribution in [2.75, 3.05) is 13.1 Å². The minimum Gasteiger partial charge on any atom is -0.347 e. The minimum absolute atomic E-state index is 0.0537. The van der Waals surface area contributed by atoms with Gasteiger partial charge in [0.15, 0.2) is 0 Å². The maximum atomic E-state index is 15.0. The molecule has 3 saturated heterocycles. The Bertz CT molecular complexity index is 1420. The monoisotopic (exact) mass is 748 g/mol. The summed E-state index contributed by atoms with van der Waals surface area (Å²) in [6, 6.07) is -5.34. The molecule has 3 heterocycles. The second-order valence-electron chi connectivity index (χ2n) is 17.2. The summed E-state index contributed by atoms with van der Waals surface area (Å²) in [5.74, 6) is -7.59. The molecule has 0 aromatic heterocycles. The van der Waals surface area contributed by atoms with Gasteiger partial charge in [0.25, 0.3) is 5.91 Å². The third kappa shape index (κ3) is 11.5. The van der Waals surface area contributed by atoms with E-state index in [9.17, 15) is 42.3 Å². The molecule has 7 amide bonds. The lowest BCUT2D eigenvalue weighted by molar-refractivity contribution is -0.153. The fourth-order valence-electron chi connectivity index (χ4n) is 7.33. The van der Waals surface area contributed by atoms with Gasteiger partial charge in [0.05, 0.1) is 12.1 Å². The number of amides is 7. The lowest BCUT2D eigenvalue weighted by atomic mass is 9.80. The van der Waals surface area contributed by atoms with Crippen molar-refractivity contribution in [2.45, 2.75) is 154 Å². The number of piperidine rings is 1. The van der Waals surface area contributed by atoms with Crippen molar-refractivity contribution in [1.82, 2.24) is 31.1 Å². The van der Waals surface area contributed by atoms with Crippen molar-refractivity contribution in [3.05, 3.63) is 12.7 Å². The number of nitrogens with zero attached hydrogens (tertiary/aromatic N) is 2. The summed E-state index contributed by atoms with van der Waals surface area (Å²) >= 11 is 0. The van der Waals surface area contributed by atoms with Crippen molar-refractivity contribution in [3.8, 4) is 0 Å². The van der Waals surface area contributed by atoms with E-state index >= 15 is 0 Å². The van der Waals surface area contributed by atoms with Gasteiger partial charge in [-0.25, -0.2) is 13.6 Å². The predicted molar refractivity (Wildman–Crippen MR) is 192 cm³/mol. The zero-order chi connectivity index (χ0) is 39.3. The number of fused-ring (bicyclic) bond motifs is 1. The lowest BCUT2D eigenvalue weighted by Gasteiger charge is -2.40. The summed E-state index contributed by atoms with van der Waals surface area (Å²) in [6.07, 6.45) is 3.78. The van der Waals surface area contributed by atoms with Crippen LogP contribution in [0.25, 0.3) is 0 Å². The van der Waals surface area contributed by atoms with E-state index in [-0.39, 0.29) is 56.6 Å². The van der Waals surface area contributed by atoms with Crippen LogP contribution in [0.5, 0.6) is 0 Å². The standard InChI is InChI=1S/C38H58F2N6O7/c1-7-23-16-19-45-30(23)32(50)42-25(31(49)33(51)41-24-13-14-24)15-18-38(39,40)17-11-9-8-10-12-26(34(45)52)43-35(53)44-27(36(2,3)4)22-46-28(47)20-37(5,6)21-29(46)48/h7,23-27,30H,1,8-22H2,2-6H3,(H,41,51)(H,42,50)(H2,43,44,53)/t23-,25-,26+,27?,30-/m0/s1. The molecule has 13 nitrogen and oxygen atoms in total. The van der Waals surface area contributed by atoms with E-state index in [1.807, 2.05) is 34.6 Å². The maximum Gasteiger partial charge on any atom is 0.315 e. The first-order valence-corrected chi connectivity index (χ1v) is 19.1. The number of hydrogen-bond donors (Lipinski definition) is 4. The van der Waals surface area contributed by atoms with Gasteiger partial charge in [-0.15, -0.1) is 6.58 Å². The van der Waals surface area contributed by atoms with E-state index in [4.69, 9.17) is 0 Å². The second kappa shape index (κ2) is 17.0. The number of likely N-dealkylation sites (tertiary alicyclic amines) is 1. The quantitative estimate of drug-likeness (QED) is 0.166. The summed E-state index contributed by atoms with van der Waals surface area (Å²) < 4.78 is 30.0. The Labute approximate surface area is 311 Å². The Morgan fingerprint density at radius 3 is 2.17 bits per heavy atom. The molecule has 5 atom stereocenters. The van der Waals surface area contributed by atoms with Crippen molar-refractivity contribution in [1.29, 1.82) is 0 Å². The van der Waals surface area contributed by atoms with Crippen LogP contribution >= 0.6 is 0 Å². The van der Waals surface area contributed by atoms with Crippen LogP contribution in [0.2, 0.25) is 0 Å². The number of carbonyl (C=O) groups is 7.